The second kappa shape index (κ2) is 4.99. The quantitative estimate of drug-likeness (QED) is 0.878. The van der Waals surface area contributed by atoms with Crippen LogP contribution in [-0.2, 0) is 16.6 Å². The second-order valence-electron chi connectivity index (χ2n) is 5.11. The molecule has 2 N–H and O–H groups in total. The molecule has 0 heterocycles. The van der Waals surface area contributed by atoms with Crippen molar-refractivity contribution in [2.75, 3.05) is 13.6 Å². The Kier molecular flexibility index (Phi) is 3.75. The summed E-state index contributed by atoms with van der Waals surface area (Å²) in [4.78, 5) is 0.343. The Balaban J connectivity index is 2.13. The summed E-state index contributed by atoms with van der Waals surface area (Å²) < 4.78 is 26.0. The van der Waals surface area contributed by atoms with Gasteiger partial charge in [-0.2, -0.15) is 0 Å². The second-order valence-corrected chi connectivity index (χ2v) is 7.15. The highest BCUT2D eigenvalue weighted by Crippen LogP contribution is 2.38. The lowest BCUT2D eigenvalue weighted by Gasteiger charge is -2.17. The molecule has 0 saturated heterocycles. The molecular weight excluding hydrogens is 248 g/mol. The fourth-order valence-electron chi connectivity index (χ4n) is 2.06. The van der Waals surface area contributed by atoms with Crippen molar-refractivity contribution in [3.05, 3.63) is 29.8 Å². The smallest absolute Gasteiger partial charge is 0.242 e. The first kappa shape index (κ1) is 13.5. The van der Waals surface area contributed by atoms with Crippen LogP contribution in [0.2, 0.25) is 0 Å². The van der Waals surface area contributed by atoms with Crippen molar-refractivity contribution in [3.63, 3.8) is 0 Å². The molecule has 1 aliphatic carbocycles. The molecule has 0 aromatic heterocycles. The van der Waals surface area contributed by atoms with Crippen molar-refractivity contribution in [2.45, 2.75) is 24.8 Å². The largest absolute Gasteiger partial charge is 0.326 e. The predicted molar refractivity (Wildman–Crippen MR) is 71.4 cm³/mol. The van der Waals surface area contributed by atoms with E-state index in [-0.39, 0.29) is 0 Å². The molecule has 1 aliphatic rings. The highest BCUT2D eigenvalue weighted by Gasteiger charge is 2.36. The fraction of sp³-hybridized carbons (Fsp3) is 0.538. The van der Waals surface area contributed by atoms with Crippen molar-refractivity contribution in [1.29, 1.82) is 0 Å². The number of hydrogen-bond acceptors (Lipinski definition) is 3. The van der Waals surface area contributed by atoms with Gasteiger partial charge >= 0.3 is 0 Å². The Labute approximate surface area is 109 Å². The summed E-state index contributed by atoms with van der Waals surface area (Å²) in [7, 11) is -1.70. The van der Waals surface area contributed by atoms with Gasteiger partial charge < -0.3 is 5.73 Å². The van der Waals surface area contributed by atoms with Crippen LogP contribution >= 0.6 is 0 Å². The summed E-state index contributed by atoms with van der Waals surface area (Å²) in [6.45, 7) is 3.19. The average Bonchev–Trinajstić information content (AvgIpc) is 3.05. The van der Waals surface area contributed by atoms with Gasteiger partial charge in [0.25, 0.3) is 0 Å². The van der Waals surface area contributed by atoms with E-state index in [0.29, 0.717) is 29.8 Å². The van der Waals surface area contributed by atoms with Gasteiger partial charge in [0.2, 0.25) is 10.0 Å². The Morgan fingerprint density at radius 2 is 1.89 bits per heavy atom. The Hall–Kier alpha value is -0.910. The summed E-state index contributed by atoms with van der Waals surface area (Å²) in [5.41, 5.74) is 6.44. The predicted octanol–water partition coefficient (Wildman–Crippen LogP) is 1.42. The zero-order chi connectivity index (χ0) is 13.3. The number of benzene rings is 1. The monoisotopic (exact) mass is 268 g/mol. The van der Waals surface area contributed by atoms with E-state index in [9.17, 15) is 8.42 Å². The molecule has 0 amide bonds. The minimum Gasteiger partial charge on any atom is -0.326 e. The normalized spacial score (nSPS) is 23.3. The number of sulfonamides is 1. The van der Waals surface area contributed by atoms with Gasteiger partial charge in [-0.05, 0) is 36.0 Å². The third-order valence-corrected chi connectivity index (χ3v) is 5.47. The van der Waals surface area contributed by atoms with Gasteiger partial charge in [0.15, 0.2) is 0 Å². The first-order valence-corrected chi connectivity index (χ1v) is 7.64. The topological polar surface area (TPSA) is 63.4 Å². The highest BCUT2D eigenvalue weighted by atomic mass is 32.2. The van der Waals surface area contributed by atoms with Crippen LogP contribution < -0.4 is 5.73 Å². The standard InChI is InChI=1S/C13H20N2O2S/c1-10-7-12(10)9-15(2)18(16,17)13-5-3-11(8-14)4-6-13/h3-6,10,12H,7-9,14H2,1-2H3. The summed E-state index contributed by atoms with van der Waals surface area (Å²) in [6.07, 6.45) is 1.13. The Morgan fingerprint density at radius 1 is 1.33 bits per heavy atom. The van der Waals surface area contributed by atoms with Crippen molar-refractivity contribution in [2.24, 2.45) is 17.6 Å². The van der Waals surface area contributed by atoms with E-state index < -0.39 is 10.0 Å². The molecule has 5 heteroatoms. The van der Waals surface area contributed by atoms with E-state index in [1.165, 1.54) is 4.31 Å². The number of nitrogens with zero attached hydrogens (tertiary/aromatic N) is 1. The van der Waals surface area contributed by atoms with E-state index in [4.69, 9.17) is 5.73 Å². The maximum Gasteiger partial charge on any atom is 0.242 e. The molecule has 100 valence electrons. The van der Waals surface area contributed by atoms with Crippen LogP contribution in [0.5, 0.6) is 0 Å². The first-order chi connectivity index (χ1) is 8.45. The molecule has 1 fully saturated rings. The number of nitrogens with two attached hydrogens (primary N) is 1. The molecule has 0 aliphatic heterocycles. The number of rotatable bonds is 5. The fourth-order valence-corrected chi connectivity index (χ4v) is 3.29. The lowest BCUT2D eigenvalue weighted by molar-refractivity contribution is 0.444. The molecule has 18 heavy (non-hydrogen) atoms. The summed E-state index contributed by atoms with van der Waals surface area (Å²) in [5.74, 6) is 1.18. The summed E-state index contributed by atoms with van der Waals surface area (Å²) in [6, 6.07) is 6.79. The maximum atomic E-state index is 12.3. The van der Waals surface area contributed by atoms with Crippen LogP contribution in [0, 0.1) is 11.8 Å². The van der Waals surface area contributed by atoms with Crippen LogP contribution in [0.4, 0.5) is 0 Å². The Morgan fingerprint density at radius 3 is 2.33 bits per heavy atom. The molecule has 2 atom stereocenters. The molecule has 0 radical (unpaired) electrons. The van der Waals surface area contributed by atoms with Gasteiger partial charge in [0.1, 0.15) is 0 Å². The number of hydrogen-bond donors (Lipinski definition) is 1. The van der Waals surface area contributed by atoms with Crippen molar-refractivity contribution in [3.8, 4) is 0 Å². The minimum absolute atomic E-state index is 0.343. The zero-order valence-electron chi connectivity index (χ0n) is 10.8. The third kappa shape index (κ3) is 2.74. The van der Waals surface area contributed by atoms with E-state index in [1.807, 2.05) is 0 Å². The van der Waals surface area contributed by atoms with Crippen LogP contribution in [0.3, 0.4) is 0 Å². The Bertz CT molecular complexity index is 510. The van der Waals surface area contributed by atoms with Crippen LogP contribution in [0.15, 0.2) is 29.2 Å². The molecule has 1 aromatic carbocycles. The first-order valence-electron chi connectivity index (χ1n) is 6.20. The van der Waals surface area contributed by atoms with Gasteiger partial charge in [0.05, 0.1) is 4.90 Å². The van der Waals surface area contributed by atoms with Crippen LogP contribution in [0.1, 0.15) is 18.9 Å². The van der Waals surface area contributed by atoms with Crippen LogP contribution in [0.25, 0.3) is 0 Å². The lowest BCUT2D eigenvalue weighted by atomic mass is 10.2. The summed E-state index contributed by atoms with van der Waals surface area (Å²) in [5, 5.41) is 0. The average molecular weight is 268 g/mol. The summed E-state index contributed by atoms with van der Waals surface area (Å²) >= 11 is 0. The minimum atomic E-state index is -3.35. The van der Waals surface area contributed by atoms with Crippen molar-refractivity contribution in [1.82, 2.24) is 4.31 Å². The van der Waals surface area contributed by atoms with E-state index in [0.717, 1.165) is 12.0 Å². The van der Waals surface area contributed by atoms with E-state index >= 15 is 0 Å². The highest BCUT2D eigenvalue weighted by molar-refractivity contribution is 7.89. The SMILES string of the molecule is CC1CC1CN(C)S(=O)(=O)c1ccc(CN)cc1. The molecule has 1 aromatic rings. The molecule has 2 rings (SSSR count). The third-order valence-electron chi connectivity index (χ3n) is 3.63. The maximum absolute atomic E-state index is 12.3. The van der Waals surface area contributed by atoms with Gasteiger partial charge in [0, 0.05) is 20.1 Å². The van der Waals surface area contributed by atoms with Crippen molar-refractivity contribution >= 4 is 10.0 Å². The lowest BCUT2D eigenvalue weighted by Crippen LogP contribution is -2.29. The molecule has 2 unspecified atom stereocenters. The van der Waals surface area contributed by atoms with E-state index in [2.05, 4.69) is 6.92 Å². The molecule has 4 nitrogen and oxygen atoms in total. The molecular formula is C13H20N2O2S. The zero-order valence-corrected chi connectivity index (χ0v) is 11.7. The van der Waals surface area contributed by atoms with Crippen molar-refractivity contribution < 1.29 is 8.42 Å². The van der Waals surface area contributed by atoms with Gasteiger partial charge in [-0.15, -0.1) is 0 Å². The molecule has 0 spiro atoms. The molecule has 0 bridgehead atoms. The van der Waals surface area contributed by atoms with E-state index in [1.54, 1.807) is 31.3 Å². The van der Waals surface area contributed by atoms with Gasteiger partial charge in [-0.25, -0.2) is 12.7 Å². The van der Waals surface area contributed by atoms with Gasteiger partial charge in [-0.3, -0.25) is 0 Å². The van der Waals surface area contributed by atoms with Gasteiger partial charge in [-0.1, -0.05) is 19.1 Å². The van der Waals surface area contributed by atoms with Crippen LogP contribution in [-0.4, -0.2) is 26.3 Å². The molecule has 1 saturated carbocycles.